The fourth-order valence-corrected chi connectivity index (χ4v) is 2.78. The summed E-state index contributed by atoms with van der Waals surface area (Å²) in [7, 11) is 0. The Morgan fingerprint density at radius 1 is 1.29 bits per heavy atom. The second-order valence-corrected chi connectivity index (χ2v) is 5.83. The number of aryl methyl sites for hydroxylation is 1. The molecule has 1 aromatic heterocycles. The second kappa shape index (κ2) is 5.37. The van der Waals surface area contributed by atoms with Crippen LogP contribution >= 0.6 is 11.6 Å². The van der Waals surface area contributed by atoms with E-state index in [0.29, 0.717) is 29.7 Å². The van der Waals surface area contributed by atoms with Crippen molar-refractivity contribution in [2.75, 3.05) is 13.1 Å². The number of aromatic nitrogens is 1. The van der Waals surface area contributed by atoms with Crippen LogP contribution in [0.15, 0.2) is 41.2 Å². The molecule has 1 N–H and O–H groups in total. The molecule has 1 aliphatic rings. The van der Waals surface area contributed by atoms with Crippen molar-refractivity contribution >= 4 is 17.5 Å². The highest BCUT2D eigenvalue weighted by atomic mass is 35.5. The lowest BCUT2D eigenvalue weighted by molar-refractivity contribution is 0.0596. The number of H-pyrrole nitrogens is 1. The van der Waals surface area contributed by atoms with E-state index in [1.54, 1.807) is 17.9 Å². The van der Waals surface area contributed by atoms with E-state index in [1.165, 1.54) is 6.07 Å². The molecule has 2 heterocycles. The van der Waals surface area contributed by atoms with Gasteiger partial charge in [0.25, 0.3) is 5.91 Å². The van der Waals surface area contributed by atoms with Crippen LogP contribution in [0.5, 0.6) is 0 Å². The van der Waals surface area contributed by atoms with Gasteiger partial charge >= 0.3 is 0 Å². The minimum absolute atomic E-state index is 0.130. The smallest absolute Gasteiger partial charge is 0.270 e. The molecule has 1 aromatic carbocycles. The lowest BCUT2D eigenvalue weighted by atomic mass is 9.91. The molecule has 3 rings (SSSR count). The summed E-state index contributed by atoms with van der Waals surface area (Å²) in [6.45, 7) is 3.10. The van der Waals surface area contributed by atoms with Crippen molar-refractivity contribution < 1.29 is 4.79 Å². The molecule has 1 aliphatic heterocycles. The topological polar surface area (TPSA) is 53.2 Å². The van der Waals surface area contributed by atoms with Crippen molar-refractivity contribution in [1.82, 2.24) is 9.88 Å². The van der Waals surface area contributed by atoms with Crippen LogP contribution in [-0.4, -0.2) is 28.9 Å². The van der Waals surface area contributed by atoms with Crippen molar-refractivity contribution in [3.63, 3.8) is 0 Å². The van der Waals surface area contributed by atoms with Crippen molar-refractivity contribution in [3.05, 3.63) is 68.6 Å². The summed E-state index contributed by atoms with van der Waals surface area (Å²) in [4.78, 5) is 28.1. The molecule has 0 unspecified atom stereocenters. The molecule has 0 radical (unpaired) electrons. The van der Waals surface area contributed by atoms with Gasteiger partial charge in [0.2, 0.25) is 5.56 Å². The number of rotatable bonds is 2. The molecule has 108 valence electrons. The minimum atomic E-state index is -0.245. The van der Waals surface area contributed by atoms with Crippen molar-refractivity contribution in [2.24, 2.45) is 0 Å². The molecule has 1 fully saturated rings. The molecular weight excluding hydrogens is 288 g/mol. The lowest BCUT2D eigenvalue weighted by Gasteiger charge is -2.39. The maximum absolute atomic E-state index is 12.3. The molecule has 0 bridgehead atoms. The van der Waals surface area contributed by atoms with Gasteiger partial charge in [-0.2, -0.15) is 0 Å². The zero-order valence-corrected chi connectivity index (χ0v) is 12.4. The van der Waals surface area contributed by atoms with Crippen LogP contribution in [0.3, 0.4) is 0 Å². The van der Waals surface area contributed by atoms with Crippen LogP contribution in [0, 0.1) is 6.92 Å². The second-order valence-electron chi connectivity index (χ2n) is 5.40. The number of nitrogens with one attached hydrogen (secondary N) is 1. The van der Waals surface area contributed by atoms with Gasteiger partial charge < -0.3 is 9.88 Å². The van der Waals surface area contributed by atoms with Gasteiger partial charge in [0.1, 0.15) is 5.69 Å². The standard InChI is InChI=1S/C16H15ClN2O2/c1-10-5-14(18-15(20)6-10)16(21)19-8-12(9-19)11-3-2-4-13(17)7-11/h2-7,12H,8-9H2,1H3,(H,18,20). The maximum atomic E-state index is 12.3. The van der Waals surface area contributed by atoms with E-state index < -0.39 is 0 Å². The van der Waals surface area contributed by atoms with E-state index in [9.17, 15) is 9.59 Å². The molecule has 4 nitrogen and oxygen atoms in total. The third-order valence-electron chi connectivity index (χ3n) is 3.71. The van der Waals surface area contributed by atoms with Gasteiger partial charge in [0, 0.05) is 30.1 Å². The fraction of sp³-hybridized carbons (Fsp3) is 0.250. The summed E-state index contributed by atoms with van der Waals surface area (Å²) >= 11 is 5.98. The van der Waals surface area contributed by atoms with Crippen LogP contribution in [-0.2, 0) is 0 Å². The van der Waals surface area contributed by atoms with E-state index in [-0.39, 0.29) is 11.5 Å². The van der Waals surface area contributed by atoms with E-state index >= 15 is 0 Å². The average molecular weight is 303 g/mol. The zero-order valence-electron chi connectivity index (χ0n) is 11.6. The number of aromatic amines is 1. The Bertz CT molecular complexity index is 748. The summed E-state index contributed by atoms with van der Waals surface area (Å²) in [5.41, 5.74) is 2.04. The van der Waals surface area contributed by atoms with E-state index in [4.69, 9.17) is 11.6 Å². The van der Waals surface area contributed by atoms with Crippen LogP contribution in [0.4, 0.5) is 0 Å². The number of benzene rings is 1. The molecule has 0 saturated carbocycles. The molecule has 1 amide bonds. The summed E-state index contributed by atoms with van der Waals surface area (Å²) in [6.07, 6.45) is 0. The van der Waals surface area contributed by atoms with Gasteiger partial charge in [-0.05, 0) is 36.2 Å². The Morgan fingerprint density at radius 2 is 2.05 bits per heavy atom. The number of carbonyl (C=O) groups excluding carboxylic acids is 1. The first kappa shape index (κ1) is 13.9. The number of hydrogen-bond acceptors (Lipinski definition) is 2. The quantitative estimate of drug-likeness (QED) is 0.927. The van der Waals surface area contributed by atoms with Gasteiger partial charge in [0.15, 0.2) is 0 Å². The molecular formula is C16H15ClN2O2. The normalized spacial score (nSPS) is 14.9. The first-order chi connectivity index (χ1) is 10.0. The number of hydrogen-bond donors (Lipinski definition) is 1. The van der Waals surface area contributed by atoms with Crippen LogP contribution < -0.4 is 5.56 Å². The van der Waals surface area contributed by atoms with E-state index in [2.05, 4.69) is 4.98 Å². The SMILES string of the molecule is Cc1cc(C(=O)N2CC(c3cccc(Cl)c3)C2)[nH]c(=O)c1. The first-order valence-electron chi connectivity index (χ1n) is 6.78. The van der Waals surface area contributed by atoms with Crippen molar-refractivity contribution in [1.29, 1.82) is 0 Å². The highest BCUT2D eigenvalue weighted by Gasteiger charge is 2.32. The number of nitrogens with zero attached hydrogens (tertiary/aromatic N) is 1. The number of likely N-dealkylation sites (tertiary alicyclic amines) is 1. The Labute approximate surface area is 127 Å². The third-order valence-corrected chi connectivity index (χ3v) is 3.94. The van der Waals surface area contributed by atoms with Gasteiger partial charge in [-0.3, -0.25) is 9.59 Å². The van der Waals surface area contributed by atoms with E-state index in [0.717, 1.165) is 11.1 Å². The average Bonchev–Trinajstić information content (AvgIpc) is 2.35. The molecule has 5 heteroatoms. The number of carbonyl (C=O) groups is 1. The molecule has 0 spiro atoms. The Kier molecular flexibility index (Phi) is 3.55. The van der Waals surface area contributed by atoms with Crippen molar-refractivity contribution in [2.45, 2.75) is 12.8 Å². The Balaban J connectivity index is 1.71. The summed E-state index contributed by atoms with van der Waals surface area (Å²) < 4.78 is 0. The Hall–Kier alpha value is -2.07. The van der Waals surface area contributed by atoms with Crippen LogP contribution in [0.2, 0.25) is 5.02 Å². The molecule has 0 atom stereocenters. The number of amides is 1. The molecule has 2 aromatic rings. The molecule has 0 aliphatic carbocycles. The van der Waals surface area contributed by atoms with Gasteiger partial charge in [-0.15, -0.1) is 0 Å². The van der Waals surface area contributed by atoms with Gasteiger partial charge in [-0.1, -0.05) is 23.7 Å². The fourth-order valence-electron chi connectivity index (χ4n) is 2.58. The zero-order chi connectivity index (χ0) is 15.0. The summed E-state index contributed by atoms with van der Waals surface area (Å²) in [5, 5.41) is 0.709. The van der Waals surface area contributed by atoms with Crippen LogP contribution in [0.25, 0.3) is 0 Å². The monoisotopic (exact) mass is 302 g/mol. The summed E-state index contributed by atoms with van der Waals surface area (Å²) in [6, 6.07) is 10.9. The molecule has 21 heavy (non-hydrogen) atoms. The van der Waals surface area contributed by atoms with Gasteiger partial charge in [0.05, 0.1) is 0 Å². The third kappa shape index (κ3) is 2.85. The maximum Gasteiger partial charge on any atom is 0.270 e. The predicted molar refractivity (Wildman–Crippen MR) is 81.9 cm³/mol. The molecule has 1 saturated heterocycles. The van der Waals surface area contributed by atoms with Gasteiger partial charge in [-0.25, -0.2) is 0 Å². The Morgan fingerprint density at radius 3 is 2.71 bits per heavy atom. The first-order valence-corrected chi connectivity index (χ1v) is 7.16. The van der Waals surface area contributed by atoms with Crippen LogP contribution in [0.1, 0.15) is 27.5 Å². The largest absolute Gasteiger partial charge is 0.336 e. The lowest BCUT2D eigenvalue weighted by Crippen LogP contribution is -2.48. The van der Waals surface area contributed by atoms with Crippen molar-refractivity contribution in [3.8, 4) is 0 Å². The highest BCUT2D eigenvalue weighted by Crippen LogP contribution is 2.29. The number of halogens is 1. The number of pyridine rings is 1. The minimum Gasteiger partial charge on any atom is -0.336 e. The summed E-state index contributed by atoms with van der Waals surface area (Å²) in [5.74, 6) is 0.179. The predicted octanol–water partition coefficient (Wildman–Crippen LogP) is 2.58. The van der Waals surface area contributed by atoms with E-state index in [1.807, 2.05) is 24.3 Å². The highest BCUT2D eigenvalue weighted by molar-refractivity contribution is 6.30.